The first-order chi connectivity index (χ1) is 8.36. The fourth-order valence-corrected chi connectivity index (χ4v) is 2.60. The van der Waals surface area contributed by atoms with Gasteiger partial charge in [-0.15, -0.1) is 11.8 Å². The van der Waals surface area contributed by atoms with Crippen molar-refractivity contribution in [2.45, 2.75) is 37.8 Å². The molecule has 2 N–H and O–H groups in total. The molecule has 0 fully saturated rings. The number of thioether (sulfide) groups is 1. The van der Waals surface area contributed by atoms with Gasteiger partial charge in [0.05, 0.1) is 12.7 Å². The molecule has 0 radical (unpaired) electrons. The summed E-state index contributed by atoms with van der Waals surface area (Å²) in [6, 6.07) is 3.84. The maximum atomic E-state index is 11.6. The molecule has 0 aliphatic carbocycles. The van der Waals surface area contributed by atoms with Gasteiger partial charge in [-0.1, -0.05) is 20.8 Å². The van der Waals surface area contributed by atoms with Gasteiger partial charge in [0.2, 0.25) is 0 Å². The van der Waals surface area contributed by atoms with Crippen molar-refractivity contribution in [3.05, 3.63) is 23.3 Å². The summed E-state index contributed by atoms with van der Waals surface area (Å²) >= 11 is 1.75. The highest BCUT2D eigenvalue weighted by molar-refractivity contribution is 8.00. The number of hydrogen-bond donors (Lipinski definition) is 1. The van der Waals surface area contributed by atoms with Crippen molar-refractivity contribution in [1.82, 2.24) is 0 Å². The van der Waals surface area contributed by atoms with Crippen LogP contribution < -0.4 is 5.73 Å². The standard InChI is InChI=1S/C14H21NO2S/c1-8(2)10(4)18-11-6-9(3)13(15)12(7-11)14(16)17-5/h6-8,10H,15H2,1-5H3. The first kappa shape index (κ1) is 14.9. The fourth-order valence-electron chi connectivity index (χ4n) is 1.46. The van der Waals surface area contributed by atoms with Gasteiger partial charge in [-0.2, -0.15) is 0 Å². The quantitative estimate of drug-likeness (QED) is 0.515. The van der Waals surface area contributed by atoms with Crippen molar-refractivity contribution >= 4 is 23.4 Å². The fraction of sp³-hybridized carbons (Fsp3) is 0.500. The molecular weight excluding hydrogens is 246 g/mol. The minimum Gasteiger partial charge on any atom is -0.465 e. The van der Waals surface area contributed by atoms with Crippen LogP contribution in [0.1, 0.15) is 36.7 Å². The Morgan fingerprint density at radius 2 is 1.94 bits per heavy atom. The van der Waals surface area contributed by atoms with Crippen molar-refractivity contribution in [3.63, 3.8) is 0 Å². The van der Waals surface area contributed by atoms with Crippen LogP contribution in [0.3, 0.4) is 0 Å². The van der Waals surface area contributed by atoms with E-state index in [4.69, 9.17) is 10.5 Å². The van der Waals surface area contributed by atoms with E-state index in [9.17, 15) is 4.79 Å². The predicted molar refractivity (Wildman–Crippen MR) is 77.1 cm³/mol. The maximum absolute atomic E-state index is 11.6. The highest BCUT2D eigenvalue weighted by Gasteiger charge is 2.16. The monoisotopic (exact) mass is 267 g/mol. The number of rotatable bonds is 4. The second-order valence-electron chi connectivity index (χ2n) is 4.76. The Labute approximate surface area is 113 Å². The van der Waals surface area contributed by atoms with Gasteiger partial charge in [0, 0.05) is 15.8 Å². The van der Waals surface area contributed by atoms with E-state index in [1.807, 2.05) is 19.1 Å². The SMILES string of the molecule is COC(=O)c1cc(SC(C)C(C)C)cc(C)c1N. The maximum Gasteiger partial charge on any atom is 0.340 e. The Morgan fingerprint density at radius 3 is 2.44 bits per heavy atom. The van der Waals surface area contributed by atoms with Crippen LogP contribution in [0.2, 0.25) is 0 Å². The first-order valence-corrected chi connectivity index (χ1v) is 6.89. The topological polar surface area (TPSA) is 52.3 Å². The van der Waals surface area contributed by atoms with Gasteiger partial charge in [-0.05, 0) is 30.5 Å². The van der Waals surface area contributed by atoms with Gasteiger partial charge in [0.1, 0.15) is 0 Å². The molecule has 1 atom stereocenters. The van der Waals surface area contributed by atoms with E-state index in [0.29, 0.717) is 22.4 Å². The summed E-state index contributed by atoms with van der Waals surface area (Å²) in [5.41, 5.74) is 7.78. The van der Waals surface area contributed by atoms with Crippen molar-refractivity contribution in [1.29, 1.82) is 0 Å². The average molecular weight is 267 g/mol. The number of esters is 1. The molecule has 0 spiro atoms. The molecule has 1 aromatic carbocycles. The van der Waals surface area contributed by atoms with Crippen molar-refractivity contribution in [3.8, 4) is 0 Å². The van der Waals surface area contributed by atoms with Gasteiger partial charge in [0.15, 0.2) is 0 Å². The minimum atomic E-state index is -0.379. The van der Waals surface area contributed by atoms with E-state index in [2.05, 4.69) is 20.8 Å². The number of nitrogen functional groups attached to an aromatic ring is 1. The highest BCUT2D eigenvalue weighted by Crippen LogP contribution is 2.32. The summed E-state index contributed by atoms with van der Waals surface area (Å²) < 4.78 is 4.75. The molecule has 1 aromatic rings. The molecule has 0 aliphatic heterocycles. The van der Waals surface area contributed by atoms with Crippen LogP contribution in [0, 0.1) is 12.8 Å². The van der Waals surface area contributed by atoms with E-state index in [1.54, 1.807) is 11.8 Å². The van der Waals surface area contributed by atoms with Crippen LogP contribution >= 0.6 is 11.8 Å². The zero-order chi connectivity index (χ0) is 13.9. The summed E-state index contributed by atoms with van der Waals surface area (Å²) in [6.45, 7) is 8.46. The lowest BCUT2D eigenvalue weighted by Gasteiger charge is -2.16. The number of carbonyl (C=O) groups is 1. The highest BCUT2D eigenvalue weighted by atomic mass is 32.2. The van der Waals surface area contributed by atoms with Gasteiger partial charge in [-0.25, -0.2) is 4.79 Å². The van der Waals surface area contributed by atoms with Crippen LogP contribution in [-0.2, 0) is 4.74 Å². The molecule has 0 aromatic heterocycles. The molecular formula is C14H21NO2S. The lowest BCUT2D eigenvalue weighted by molar-refractivity contribution is 0.0601. The number of anilines is 1. The van der Waals surface area contributed by atoms with Gasteiger partial charge in [0.25, 0.3) is 0 Å². The van der Waals surface area contributed by atoms with Crippen LogP contribution in [-0.4, -0.2) is 18.3 Å². The summed E-state index contributed by atoms with van der Waals surface area (Å²) in [7, 11) is 1.37. The molecule has 0 bridgehead atoms. The van der Waals surface area contributed by atoms with E-state index in [-0.39, 0.29) is 5.97 Å². The van der Waals surface area contributed by atoms with Crippen LogP contribution in [0.15, 0.2) is 17.0 Å². The van der Waals surface area contributed by atoms with Crippen LogP contribution in [0.5, 0.6) is 0 Å². The van der Waals surface area contributed by atoms with Crippen LogP contribution in [0.4, 0.5) is 5.69 Å². The number of ether oxygens (including phenoxy) is 1. The van der Waals surface area contributed by atoms with Crippen molar-refractivity contribution in [2.75, 3.05) is 12.8 Å². The van der Waals surface area contributed by atoms with Gasteiger partial charge >= 0.3 is 5.97 Å². The second kappa shape index (κ2) is 6.14. The Bertz CT molecular complexity index is 444. The second-order valence-corrected chi connectivity index (χ2v) is 6.21. The lowest BCUT2D eigenvalue weighted by atomic mass is 10.1. The summed E-state index contributed by atoms with van der Waals surface area (Å²) in [5.74, 6) is 0.199. The summed E-state index contributed by atoms with van der Waals surface area (Å²) in [4.78, 5) is 12.7. The summed E-state index contributed by atoms with van der Waals surface area (Å²) in [5, 5.41) is 0.485. The molecule has 100 valence electrons. The number of benzene rings is 1. The molecule has 0 aliphatic rings. The third-order valence-corrected chi connectivity index (χ3v) is 4.45. The molecule has 0 amide bonds. The van der Waals surface area contributed by atoms with Crippen molar-refractivity contribution in [2.24, 2.45) is 5.92 Å². The molecule has 1 unspecified atom stereocenters. The van der Waals surface area contributed by atoms with Crippen LogP contribution in [0.25, 0.3) is 0 Å². The zero-order valence-electron chi connectivity index (χ0n) is 11.6. The molecule has 0 saturated carbocycles. The lowest BCUT2D eigenvalue weighted by Crippen LogP contribution is -2.09. The van der Waals surface area contributed by atoms with Gasteiger partial charge < -0.3 is 10.5 Å². The number of methoxy groups -OCH3 is 1. The van der Waals surface area contributed by atoms with E-state index < -0.39 is 0 Å². The number of aryl methyl sites for hydroxylation is 1. The third-order valence-electron chi connectivity index (χ3n) is 3.03. The Balaban J connectivity index is 3.08. The van der Waals surface area contributed by atoms with Crippen molar-refractivity contribution < 1.29 is 9.53 Å². The van der Waals surface area contributed by atoms with E-state index in [1.165, 1.54) is 7.11 Å². The molecule has 3 nitrogen and oxygen atoms in total. The predicted octanol–water partition coefficient (Wildman–Crippen LogP) is 3.50. The van der Waals surface area contributed by atoms with Gasteiger partial charge in [-0.3, -0.25) is 0 Å². The smallest absolute Gasteiger partial charge is 0.340 e. The normalized spacial score (nSPS) is 12.6. The largest absolute Gasteiger partial charge is 0.465 e. The number of hydrogen-bond acceptors (Lipinski definition) is 4. The Hall–Kier alpha value is -1.16. The molecule has 0 saturated heterocycles. The summed E-state index contributed by atoms with van der Waals surface area (Å²) in [6.07, 6.45) is 0. The first-order valence-electron chi connectivity index (χ1n) is 6.02. The number of carbonyl (C=O) groups excluding carboxylic acids is 1. The number of nitrogens with two attached hydrogens (primary N) is 1. The average Bonchev–Trinajstić information content (AvgIpc) is 2.32. The molecule has 1 rings (SSSR count). The molecule has 0 heterocycles. The van der Waals surface area contributed by atoms with E-state index in [0.717, 1.165) is 10.5 Å². The Morgan fingerprint density at radius 1 is 1.33 bits per heavy atom. The molecule has 18 heavy (non-hydrogen) atoms. The molecule has 4 heteroatoms. The zero-order valence-corrected chi connectivity index (χ0v) is 12.4. The third kappa shape index (κ3) is 3.42. The van der Waals surface area contributed by atoms with E-state index >= 15 is 0 Å². The Kier molecular flexibility index (Phi) is 5.08. The minimum absolute atomic E-state index is 0.379.